The van der Waals surface area contributed by atoms with Crippen molar-refractivity contribution in [3.8, 4) is 11.6 Å². The van der Waals surface area contributed by atoms with Crippen LogP contribution in [0.15, 0.2) is 21.3 Å². The van der Waals surface area contributed by atoms with Crippen LogP contribution in [0.25, 0.3) is 11.6 Å². The molecular weight excluding hydrogens is 266 g/mol. The first-order valence-electron chi connectivity index (χ1n) is 7.88. The zero-order valence-electron chi connectivity index (χ0n) is 12.8. The molecule has 2 heterocycles. The lowest BCUT2D eigenvalue weighted by Gasteiger charge is -2.31. The van der Waals surface area contributed by atoms with Gasteiger partial charge in [-0.1, -0.05) is 24.9 Å². The maximum Gasteiger partial charge on any atom is 0.238 e. The average Bonchev–Trinajstić information content (AvgIpc) is 3.10. The summed E-state index contributed by atoms with van der Waals surface area (Å²) in [6.07, 6.45) is 7.60. The van der Waals surface area contributed by atoms with Crippen molar-refractivity contribution in [2.24, 2.45) is 5.92 Å². The van der Waals surface area contributed by atoms with Crippen molar-refractivity contribution in [1.82, 2.24) is 15.5 Å². The molecule has 0 aromatic carbocycles. The Bertz CT molecular complexity index is 574. The van der Waals surface area contributed by atoms with E-state index < -0.39 is 0 Å². The zero-order valence-corrected chi connectivity index (χ0v) is 12.8. The Morgan fingerprint density at radius 3 is 2.95 bits per heavy atom. The van der Waals surface area contributed by atoms with Crippen LogP contribution in [-0.2, 0) is 6.42 Å². The van der Waals surface area contributed by atoms with Crippen LogP contribution in [-0.4, -0.2) is 22.7 Å². The average molecular weight is 289 g/mol. The number of nitrogens with one attached hydrogen (secondary N) is 1. The van der Waals surface area contributed by atoms with Crippen LogP contribution in [0.3, 0.4) is 0 Å². The van der Waals surface area contributed by atoms with Crippen LogP contribution in [0.5, 0.6) is 0 Å². The lowest BCUT2D eigenvalue weighted by Crippen LogP contribution is -2.39. The molecule has 2 aromatic heterocycles. The monoisotopic (exact) mass is 289 g/mol. The van der Waals surface area contributed by atoms with Crippen molar-refractivity contribution >= 4 is 0 Å². The van der Waals surface area contributed by atoms with E-state index in [4.69, 9.17) is 8.94 Å². The molecule has 2 atom stereocenters. The van der Waals surface area contributed by atoms with E-state index in [1.165, 1.54) is 25.7 Å². The number of aromatic nitrogens is 2. The topological polar surface area (TPSA) is 64.1 Å². The third kappa shape index (κ3) is 3.18. The number of aryl methyl sites for hydroxylation is 1. The number of rotatable bonds is 5. The fourth-order valence-electron chi connectivity index (χ4n) is 3.24. The normalized spacial score (nSPS) is 22.6. The van der Waals surface area contributed by atoms with E-state index in [1.807, 2.05) is 13.0 Å². The van der Waals surface area contributed by atoms with Gasteiger partial charge in [-0.2, -0.15) is 4.98 Å². The smallest absolute Gasteiger partial charge is 0.238 e. The Balaban J connectivity index is 1.70. The van der Waals surface area contributed by atoms with E-state index >= 15 is 0 Å². The highest BCUT2D eigenvalue weighted by molar-refractivity contribution is 5.50. The summed E-state index contributed by atoms with van der Waals surface area (Å²) in [7, 11) is 0. The second kappa shape index (κ2) is 6.43. The summed E-state index contributed by atoms with van der Waals surface area (Å²) >= 11 is 0. The highest BCUT2D eigenvalue weighted by Gasteiger charge is 2.26. The van der Waals surface area contributed by atoms with Crippen LogP contribution < -0.4 is 5.32 Å². The molecule has 1 saturated carbocycles. The molecule has 1 fully saturated rings. The Hall–Kier alpha value is -1.62. The second-order valence-electron chi connectivity index (χ2n) is 5.86. The van der Waals surface area contributed by atoms with Crippen molar-refractivity contribution in [2.45, 2.75) is 52.0 Å². The molecule has 0 radical (unpaired) electrons. The molecule has 1 aliphatic rings. The number of hydrogen-bond acceptors (Lipinski definition) is 5. The minimum absolute atomic E-state index is 0.559. The van der Waals surface area contributed by atoms with Crippen molar-refractivity contribution < 1.29 is 8.94 Å². The molecule has 0 spiro atoms. The quantitative estimate of drug-likeness (QED) is 0.914. The fraction of sp³-hybridized carbons (Fsp3) is 0.625. The molecule has 0 bridgehead atoms. The summed E-state index contributed by atoms with van der Waals surface area (Å²) < 4.78 is 10.8. The largest absolute Gasteiger partial charge is 0.461 e. The molecule has 5 heteroatoms. The predicted molar refractivity (Wildman–Crippen MR) is 79.9 cm³/mol. The van der Waals surface area contributed by atoms with E-state index in [9.17, 15) is 0 Å². The van der Waals surface area contributed by atoms with Crippen LogP contribution >= 0.6 is 0 Å². The van der Waals surface area contributed by atoms with Gasteiger partial charge in [0.1, 0.15) is 0 Å². The molecule has 0 saturated heterocycles. The number of hydrogen-bond donors (Lipinski definition) is 1. The highest BCUT2D eigenvalue weighted by atomic mass is 16.5. The third-order valence-corrected chi connectivity index (χ3v) is 4.35. The molecular formula is C16H23N3O2. The minimum atomic E-state index is 0.559. The Morgan fingerprint density at radius 2 is 2.19 bits per heavy atom. The molecule has 1 aliphatic carbocycles. The summed E-state index contributed by atoms with van der Waals surface area (Å²) in [5.41, 5.74) is 1.03. The van der Waals surface area contributed by atoms with Gasteiger partial charge in [-0.15, -0.1) is 0 Å². The maximum absolute atomic E-state index is 5.42. The summed E-state index contributed by atoms with van der Waals surface area (Å²) in [5.74, 6) is 2.57. The Morgan fingerprint density at radius 1 is 1.33 bits per heavy atom. The van der Waals surface area contributed by atoms with Gasteiger partial charge in [0, 0.05) is 12.5 Å². The third-order valence-electron chi connectivity index (χ3n) is 4.35. The highest BCUT2D eigenvalue weighted by Crippen LogP contribution is 2.28. The van der Waals surface area contributed by atoms with E-state index in [2.05, 4.69) is 22.4 Å². The van der Waals surface area contributed by atoms with Gasteiger partial charge in [0.25, 0.3) is 0 Å². The van der Waals surface area contributed by atoms with Gasteiger partial charge >= 0.3 is 0 Å². The lowest BCUT2D eigenvalue weighted by atomic mass is 9.82. The van der Waals surface area contributed by atoms with Crippen LogP contribution in [0.1, 0.15) is 44.1 Å². The second-order valence-corrected chi connectivity index (χ2v) is 5.86. The van der Waals surface area contributed by atoms with E-state index in [-0.39, 0.29) is 0 Å². The van der Waals surface area contributed by atoms with Crippen LogP contribution in [0.2, 0.25) is 0 Å². The Kier molecular flexibility index (Phi) is 4.39. The van der Waals surface area contributed by atoms with Gasteiger partial charge in [-0.05, 0) is 43.9 Å². The molecule has 5 nitrogen and oxygen atoms in total. The van der Waals surface area contributed by atoms with Crippen molar-refractivity contribution in [2.75, 3.05) is 6.54 Å². The van der Waals surface area contributed by atoms with Gasteiger partial charge in [-0.3, -0.25) is 0 Å². The molecule has 1 N–H and O–H groups in total. The lowest BCUT2D eigenvalue weighted by molar-refractivity contribution is 0.242. The zero-order chi connectivity index (χ0) is 14.7. The minimum Gasteiger partial charge on any atom is -0.461 e. The van der Waals surface area contributed by atoms with E-state index in [0.29, 0.717) is 23.5 Å². The maximum atomic E-state index is 5.42. The molecule has 0 amide bonds. The SMILES string of the molecule is CCNC1CCCCC1Cc1nc(-c2occc2C)no1. The summed E-state index contributed by atoms with van der Waals surface area (Å²) in [4.78, 5) is 4.50. The first kappa shape index (κ1) is 14.3. The summed E-state index contributed by atoms with van der Waals surface area (Å²) in [6, 6.07) is 2.48. The number of furan rings is 1. The van der Waals surface area contributed by atoms with Gasteiger partial charge in [0.05, 0.1) is 6.26 Å². The number of nitrogens with zero attached hydrogens (tertiary/aromatic N) is 2. The van der Waals surface area contributed by atoms with Gasteiger partial charge in [-0.25, -0.2) is 0 Å². The molecule has 3 rings (SSSR count). The van der Waals surface area contributed by atoms with Crippen LogP contribution in [0, 0.1) is 12.8 Å². The van der Waals surface area contributed by atoms with Gasteiger partial charge < -0.3 is 14.3 Å². The van der Waals surface area contributed by atoms with Gasteiger partial charge in [0.2, 0.25) is 11.7 Å². The van der Waals surface area contributed by atoms with Crippen molar-refractivity contribution in [1.29, 1.82) is 0 Å². The molecule has 114 valence electrons. The standard InChI is InChI=1S/C16H23N3O2/c1-3-17-13-7-5-4-6-12(13)10-14-18-16(19-21-14)15-11(2)8-9-20-15/h8-9,12-13,17H,3-7,10H2,1-2H3. The molecule has 2 aromatic rings. The van der Waals surface area contributed by atoms with Crippen LogP contribution in [0.4, 0.5) is 0 Å². The molecule has 0 aliphatic heterocycles. The van der Waals surface area contributed by atoms with Crippen molar-refractivity contribution in [3.05, 3.63) is 23.8 Å². The van der Waals surface area contributed by atoms with Gasteiger partial charge in [0.15, 0.2) is 5.76 Å². The van der Waals surface area contributed by atoms with E-state index in [1.54, 1.807) is 6.26 Å². The van der Waals surface area contributed by atoms with Crippen molar-refractivity contribution in [3.63, 3.8) is 0 Å². The first-order valence-corrected chi connectivity index (χ1v) is 7.88. The predicted octanol–water partition coefficient (Wildman–Crippen LogP) is 3.35. The fourth-order valence-corrected chi connectivity index (χ4v) is 3.24. The Labute approximate surface area is 125 Å². The first-order chi connectivity index (χ1) is 10.3. The molecule has 2 unspecified atom stereocenters. The summed E-state index contributed by atoms with van der Waals surface area (Å²) in [5, 5.41) is 7.65. The molecule has 21 heavy (non-hydrogen) atoms. The van der Waals surface area contributed by atoms with E-state index in [0.717, 1.165) is 24.4 Å². The summed E-state index contributed by atoms with van der Waals surface area (Å²) in [6.45, 7) is 5.16.